The van der Waals surface area contributed by atoms with Crippen molar-refractivity contribution >= 4 is 28.4 Å². The molecule has 2 N–H and O–H groups in total. The van der Waals surface area contributed by atoms with E-state index in [4.69, 9.17) is 0 Å². The third-order valence-electron chi connectivity index (χ3n) is 6.90. The normalized spacial score (nSPS) is 14.0. The number of carbonyl (C=O) groups is 2. The number of rotatable bonds is 9. The molecule has 1 fully saturated rings. The number of fused-ring (bicyclic) bond motifs is 1. The Hall–Kier alpha value is -3.75. The summed E-state index contributed by atoms with van der Waals surface area (Å²) in [5.74, 6) is -0.958. The van der Waals surface area contributed by atoms with Gasteiger partial charge in [-0.1, -0.05) is 37.5 Å². The Morgan fingerprint density at radius 2 is 1.73 bits per heavy atom. The second-order valence-electron chi connectivity index (χ2n) is 9.71. The van der Waals surface area contributed by atoms with Crippen molar-refractivity contribution in [3.8, 4) is 0 Å². The Labute approximate surface area is 214 Å². The van der Waals surface area contributed by atoms with Gasteiger partial charge in [-0.25, -0.2) is 9.18 Å². The van der Waals surface area contributed by atoms with Crippen molar-refractivity contribution in [2.24, 2.45) is 0 Å². The zero-order valence-corrected chi connectivity index (χ0v) is 21.1. The lowest BCUT2D eigenvalue weighted by molar-refractivity contribution is -0.122. The molecule has 0 bridgehead atoms. The van der Waals surface area contributed by atoms with Crippen LogP contribution in [-0.2, 0) is 22.7 Å². The van der Waals surface area contributed by atoms with Crippen LogP contribution in [0, 0.1) is 12.7 Å². The van der Waals surface area contributed by atoms with E-state index >= 15 is 0 Å². The largest absolute Gasteiger partial charge is 0.353 e. The van der Waals surface area contributed by atoms with Crippen LogP contribution >= 0.6 is 0 Å². The minimum absolute atomic E-state index is 0.000571. The van der Waals surface area contributed by atoms with E-state index in [-0.39, 0.29) is 30.7 Å². The first-order valence-corrected chi connectivity index (χ1v) is 12.9. The standard InChI is InChI=1S/C28H33FN4O4/c1-19-14-15-21(17-23(19)29)31-26(35)18-33-24-12-6-5-11-22(24)27(36)32(28(33)37)16-8-7-13-25(34)30-20-9-3-2-4-10-20/h5-6,11-12,14-15,17,20H,2-4,7-10,13,16,18H2,1H3,(H,30,34)(H,31,35). The first-order valence-electron chi connectivity index (χ1n) is 12.9. The van der Waals surface area contributed by atoms with Crippen molar-refractivity contribution in [1.29, 1.82) is 0 Å². The molecule has 1 saturated carbocycles. The van der Waals surface area contributed by atoms with E-state index in [2.05, 4.69) is 10.6 Å². The van der Waals surface area contributed by atoms with Gasteiger partial charge in [0.15, 0.2) is 0 Å². The van der Waals surface area contributed by atoms with Gasteiger partial charge < -0.3 is 10.6 Å². The molecule has 2 amide bonds. The number of aromatic nitrogens is 2. The summed E-state index contributed by atoms with van der Waals surface area (Å²) >= 11 is 0. The summed E-state index contributed by atoms with van der Waals surface area (Å²) in [5.41, 5.74) is 0.0694. The summed E-state index contributed by atoms with van der Waals surface area (Å²) < 4.78 is 16.3. The maximum absolute atomic E-state index is 13.9. The molecule has 0 radical (unpaired) electrons. The van der Waals surface area contributed by atoms with Gasteiger partial charge in [0.2, 0.25) is 11.8 Å². The van der Waals surface area contributed by atoms with Crippen LogP contribution in [0.25, 0.3) is 10.9 Å². The summed E-state index contributed by atoms with van der Waals surface area (Å²) in [6.07, 6.45) is 6.88. The van der Waals surface area contributed by atoms with E-state index in [9.17, 15) is 23.6 Å². The summed E-state index contributed by atoms with van der Waals surface area (Å²) in [5, 5.41) is 6.02. The highest BCUT2D eigenvalue weighted by atomic mass is 19.1. The molecule has 3 aromatic rings. The second kappa shape index (κ2) is 12.0. The van der Waals surface area contributed by atoms with Gasteiger partial charge >= 0.3 is 5.69 Å². The average Bonchev–Trinajstić information content (AvgIpc) is 2.89. The van der Waals surface area contributed by atoms with Crippen molar-refractivity contribution in [2.75, 3.05) is 5.32 Å². The van der Waals surface area contributed by atoms with Gasteiger partial charge in [-0.3, -0.25) is 23.5 Å². The van der Waals surface area contributed by atoms with Gasteiger partial charge in [0, 0.05) is 24.7 Å². The predicted molar refractivity (Wildman–Crippen MR) is 141 cm³/mol. The molecule has 4 rings (SSSR count). The third-order valence-corrected chi connectivity index (χ3v) is 6.90. The van der Waals surface area contributed by atoms with Crippen LogP contribution < -0.4 is 21.9 Å². The average molecular weight is 509 g/mol. The fourth-order valence-electron chi connectivity index (χ4n) is 4.84. The van der Waals surface area contributed by atoms with E-state index in [0.717, 1.165) is 30.3 Å². The molecule has 37 heavy (non-hydrogen) atoms. The number of hydrogen-bond donors (Lipinski definition) is 2. The van der Waals surface area contributed by atoms with Gasteiger partial charge in [-0.15, -0.1) is 0 Å². The summed E-state index contributed by atoms with van der Waals surface area (Å²) in [4.78, 5) is 51.4. The Kier molecular flexibility index (Phi) is 8.53. The Bertz CT molecular complexity index is 1410. The van der Waals surface area contributed by atoms with Crippen molar-refractivity contribution < 1.29 is 14.0 Å². The molecule has 0 atom stereocenters. The highest BCUT2D eigenvalue weighted by molar-refractivity contribution is 5.91. The molecule has 1 aromatic heterocycles. The van der Waals surface area contributed by atoms with E-state index < -0.39 is 23.0 Å². The minimum Gasteiger partial charge on any atom is -0.353 e. The predicted octanol–water partition coefficient (Wildman–Crippen LogP) is 3.87. The zero-order chi connectivity index (χ0) is 26.4. The Balaban J connectivity index is 1.46. The molecule has 196 valence electrons. The molecule has 1 heterocycles. The smallest absolute Gasteiger partial charge is 0.331 e. The lowest BCUT2D eigenvalue weighted by Crippen LogP contribution is -2.41. The Morgan fingerprint density at radius 1 is 0.973 bits per heavy atom. The van der Waals surface area contributed by atoms with Crippen LogP contribution in [0.15, 0.2) is 52.1 Å². The summed E-state index contributed by atoms with van der Waals surface area (Å²) in [7, 11) is 0. The van der Waals surface area contributed by atoms with Crippen LogP contribution in [-0.4, -0.2) is 27.0 Å². The van der Waals surface area contributed by atoms with Crippen LogP contribution in [0.1, 0.15) is 56.9 Å². The molecule has 0 saturated heterocycles. The number of para-hydroxylation sites is 1. The third kappa shape index (κ3) is 6.53. The maximum Gasteiger partial charge on any atom is 0.331 e. The minimum atomic E-state index is -0.597. The second-order valence-corrected chi connectivity index (χ2v) is 9.71. The number of anilines is 1. The molecule has 0 aliphatic heterocycles. The van der Waals surface area contributed by atoms with Crippen LogP contribution in [0.3, 0.4) is 0 Å². The first-order chi connectivity index (χ1) is 17.8. The van der Waals surface area contributed by atoms with Crippen LogP contribution in [0.2, 0.25) is 0 Å². The van der Waals surface area contributed by atoms with Crippen molar-refractivity contribution in [1.82, 2.24) is 14.5 Å². The fourth-order valence-corrected chi connectivity index (χ4v) is 4.84. The highest BCUT2D eigenvalue weighted by Gasteiger charge is 2.17. The lowest BCUT2D eigenvalue weighted by atomic mass is 9.95. The number of amides is 2. The monoisotopic (exact) mass is 508 g/mol. The van der Waals surface area contributed by atoms with Crippen LogP contribution in [0.5, 0.6) is 0 Å². The molecule has 9 heteroatoms. The van der Waals surface area contributed by atoms with E-state index in [1.54, 1.807) is 43.3 Å². The lowest BCUT2D eigenvalue weighted by Gasteiger charge is -2.22. The number of carbonyl (C=O) groups excluding carboxylic acids is 2. The summed E-state index contributed by atoms with van der Waals surface area (Å²) in [6.45, 7) is 1.43. The van der Waals surface area contributed by atoms with Crippen molar-refractivity contribution in [3.63, 3.8) is 0 Å². The van der Waals surface area contributed by atoms with E-state index in [1.165, 1.54) is 17.1 Å². The van der Waals surface area contributed by atoms with E-state index in [1.807, 2.05) is 0 Å². The van der Waals surface area contributed by atoms with Crippen LogP contribution in [0.4, 0.5) is 10.1 Å². The summed E-state index contributed by atoms with van der Waals surface area (Å²) in [6, 6.07) is 11.3. The number of nitrogens with one attached hydrogen (secondary N) is 2. The molecule has 0 spiro atoms. The number of unbranched alkanes of at least 4 members (excludes halogenated alkanes) is 1. The number of aryl methyl sites for hydroxylation is 1. The molecule has 1 aliphatic rings. The topological polar surface area (TPSA) is 102 Å². The number of halogens is 1. The number of hydrogen-bond acceptors (Lipinski definition) is 4. The van der Waals surface area contributed by atoms with Crippen molar-refractivity contribution in [3.05, 3.63) is 74.7 Å². The first kappa shape index (κ1) is 26.3. The molecular formula is C28H33FN4O4. The van der Waals surface area contributed by atoms with Gasteiger partial charge in [-0.2, -0.15) is 0 Å². The quantitative estimate of drug-likeness (QED) is 0.429. The molecule has 1 aliphatic carbocycles. The SMILES string of the molecule is Cc1ccc(NC(=O)Cn2c(=O)n(CCCCC(=O)NC3CCCCC3)c(=O)c3ccccc32)cc1F. The number of nitrogens with zero attached hydrogens (tertiary/aromatic N) is 2. The maximum atomic E-state index is 13.9. The molecule has 8 nitrogen and oxygen atoms in total. The zero-order valence-electron chi connectivity index (χ0n) is 21.1. The number of benzene rings is 2. The Morgan fingerprint density at radius 3 is 2.49 bits per heavy atom. The van der Waals surface area contributed by atoms with Gasteiger partial charge in [-0.05, 0) is 62.4 Å². The molecule has 0 unspecified atom stereocenters. The highest BCUT2D eigenvalue weighted by Crippen LogP contribution is 2.18. The van der Waals surface area contributed by atoms with Gasteiger partial charge in [0.1, 0.15) is 12.4 Å². The van der Waals surface area contributed by atoms with Crippen molar-refractivity contribution in [2.45, 2.75) is 77.4 Å². The van der Waals surface area contributed by atoms with E-state index in [0.29, 0.717) is 35.7 Å². The van der Waals surface area contributed by atoms with Gasteiger partial charge in [0.25, 0.3) is 5.56 Å². The molecular weight excluding hydrogens is 475 g/mol. The molecule has 2 aromatic carbocycles. The fraction of sp³-hybridized carbons (Fsp3) is 0.429. The van der Waals surface area contributed by atoms with Gasteiger partial charge in [0.05, 0.1) is 10.9 Å².